The van der Waals surface area contributed by atoms with Gasteiger partial charge in [0.15, 0.2) is 0 Å². The van der Waals surface area contributed by atoms with Gasteiger partial charge in [0.2, 0.25) is 0 Å². The number of hydrogen-bond acceptors (Lipinski definition) is 3. The molecule has 0 fully saturated rings. The molecule has 0 bridgehead atoms. The molecule has 1 atom stereocenters. The summed E-state index contributed by atoms with van der Waals surface area (Å²) in [5.74, 6) is -0.403. The van der Waals surface area contributed by atoms with Crippen LogP contribution < -0.4 is 0 Å². The molecule has 76 valence electrons. The second kappa shape index (κ2) is 5.49. The van der Waals surface area contributed by atoms with Gasteiger partial charge in [0.1, 0.15) is 0 Å². The highest BCUT2D eigenvalue weighted by Crippen LogP contribution is 2.00. The van der Waals surface area contributed by atoms with E-state index in [0.717, 1.165) is 5.69 Å². The summed E-state index contributed by atoms with van der Waals surface area (Å²) in [4.78, 5) is 14.2. The van der Waals surface area contributed by atoms with Gasteiger partial charge in [-0.3, -0.25) is 14.0 Å². The van der Waals surface area contributed by atoms with Crippen LogP contribution in [0.2, 0.25) is 0 Å². The fraction of sp³-hybridized carbons (Fsp3) is 0.333. The molecule has 1 aromatic heterocycles. The van der Waals surface area contributed by atoms with Gasteiger partial charge in [-0.1, -0.05) is 6.07 Å². The highest BCUT2D eigenvalue weighted by Gasteiger charge is 2.05. The van der Waals surface area contributed by atoms with E-state index in [-0.39, 0.29) is 12.2 Å². The summed E-state index contributed by atoms with van der Waals surface area (Å²) in [6, 6.07) is 5.37. The van der Waals surface area contributed by atoms with Crippen molar-refractivity contribution in [2.45, 2.75) is 12.2 Å². The zero-order valence-electron chi connectivity index (χ0n) is 7.55. The molecule has 14 heavy (non-hydrogen) atoms. The SMILES string of the molecule is O=C(O)CCS(=O)Cc1ccccn1. The van der Waals surface area contributed by atoms with E-state index in [1.54, 1.807) is 18.3 Å². The lowest BCUT2D eigenvalue weighted by molar-refractivity contribution is -0.136. The molecule has 0 aliphatic carbocycles. The van der Waals surface area contributed by atoms with Crippen molar-refractivity contribution in [3.8, 4) is 0 Å². The number of hydrogen-bond donors (Lipinski definition) is 1. The minimum absolute atomic E-state index is 0.0561. The van der Waals surface area contributed by atoms with Crippen LogP contribution in [-0.2, 0) is 21.3 Å². The van der Waals surface area contributed by atoms with E-state index < -0.39 is 16.8 Å². The molecule has 4 nitrogen and oxygen atoms in total. The molecule has 1 aromatic rings. The average molecular weight is 213 g/mol. The Morgan fingerprint density at radius 3 is 2.86 bits per heavy atom. The van der Waals surface area contributed by atoms with Gasteiger partial charge >= 0.3 is 5.97 Å². The Kier molecular flexibility index (Phi) is 4.25. The molecule has 0 amide bonds. The largest absolute Gasteiger partial charge is 0.481 e. The van der Waals surface area contributed by atoms with Gasteiger partial charge in [-0.15, -0.1) is 0 Å². The van der Waals surface area contributed by atoms with Crippen molar-refractivity contribution < 1.29 is 14.1 Å². The number of carboxylic acid groups (broad SMARTS) is 1. The van der Waals surface area contributed by atoms with Crippen LogP contribution in [-0.4, -0.2) is 26.0 Å². The first kappa shape index (κ1) is 10.8. The van der Waals surface area contributed by atoms with Crippen LogP contribution in [0.3, 0.4) is 0 Å². The minimum Gasteiger partial charge on any atom is -0.481 e. The Labute approximate surface area is 84.4 Å². The summed E-state index contributed by atoms with van der Waals surface area (Å²) in [7, 11) is -1.13. The van der Waals surface area contributed by atoms with Crippen molar-refractivity contribution in [3.05, 3.63) is 30.1 Å². The number of nitrogens with zero attached hydrogens (tertiary/aromatic N) is 1. The quantitative estimate of drug-likeness (QED) is 0.785. The van der Waals surface area contributed by atoms with Crippen molar-refractivity contribution >= 4 is 16.8 Å². The zero-order valence-corrected chi connectivity index (χ0v) is 8.37. The van der Waals surface area contributed by atoms with Crippen molar-refractivity contribution in [2.75, 3.05) is 5.75 Å². The van der Waals surface area contributed by atoms with Crippen LogP contribution >= 0.6 is 0 Å². The normalized spacial score (nSPS) is 12.3. The smallest absolute Gasteiger partial charge is 0.304 e. The second-order valence-electron chi connectivity index (χ2n) is 2.75. The van der Waals surface area contributed by atoms with Crippen molar-refractivity contribution in [3.63, 3.8) is 0 Å². The van der Waals surface area contributed by atoms with Gasteiger partial charge in [0.25, 0.3) is 0 Å². The summed E-state index contributed by atoms with van der Waals surface area (Å²) in [5.41, 5.74) is 0.733. The van der Waals surface area contributed by atoms with Crippen molar-refractivity contribution in [1.29, 1.82) is 0 Å². The summed E-state index contributed by atoms with van der Waals surface area (Å²) >= 11 is 0. The van der Waals surface area contributed by atoms with E-state index in [9.17, 15) is 9.00 Å². The number of carbonyl (C=O) groups is 1. The standard InChI is InChI=1S/C9H11NO3S/c11-9(12)4-6-14(13)7-8-3-1-2-5-10-8/h1-3,5H,4,6-7H2,(H,11,12). The Hall–Kier alpha value is -1.23. The predicted molar refractivity (Wildman–Crippen MR) is 53.2 cm³/mol. The number of rotatable bonds is 5. The lowest BCUT2D eigenvalue weighted by Gasteiger charge is -1.99. The fourth-order valence-corrected chi connectivity index (χ4v) is 1.97. The summed E-state index contributed by atoms with van der Waals surface area (Å²) in [6.07, 6.45) is 1.57. The molecule has 1 rings (SSSR count). The van der Waals surface area contributed by atoms with E-state index in [0.29, 0.717) is 5.75 Å². The molecule has 1 N–H and O–H groups in total. The fourth-order valence-electron chi connectivity index (χ4n) is 0.922. The first-order chi connectivity index (χ1) is 6.68. The van der Waals surface area contributed by atoms with E-state index in [1.165, 1.54) is 0 Å². The number of aromatic nitrogens is 1. The third-order valence-electron chi connectivity index (χ3n) is 1.58. The Morgan fingerprint density at radius 1 is 1.50 bits per heavy atom. The monoisotopic (exact) mass is 213 g/mol. The van der Waals surface area contributed by atoms with Gasteiger partial charge < -0.3 is 5.11 Å². The molecule has 0 saturated carbocycles. The van der Waals surface area contributed by atoms with Gasteiger partial charge in [-0.2, -0.15) is 0 Å². The highest BCUT2D eigenvalue weighted by molar-refractivity contribution is 7.84. The van der Waals surface area contributed by atoms with Crippen LogP contribution in [0.25, 0.3) is 0 Å². The minimum atomic E-state index is -1.13. The second-order valence-corrected chi connectivity index (χ2v) is 4.33. The average Bonchev–Trinajstić information content (AvgIpc) is 2.16. The molecule has 0 saturated heterocycles. The lowest BCUT2D eigenvalue weighted by Crippen LogP contribution is -2.07. The molecule has 0 aliphatic heterocycles. The summed E-state index contributed by atoms with van der Waals surface area (Å²) < 4.78 is 11.3. The third kappa shape index (κ3) is 4.13. The number of carboxylic acids is 1. The maximum Gasteiger partial charge on any atom is 0.304 e. The van der Waals surface area contributed by atoms with Gasteiger partial charge in [-0.05, 0) is 12.1 Å². The Balaban J connectivity index is 2.38. The van der Waals surface area contributed by atoms with E-state index >= 15 is 0 Å². The van der Waals surface area contributed by atoms with Gasteiger partial charge in [0, 0.05) is 22.7 Å². The molecule has 0 spiro atoms. The van der Waals surface area contributed by atoms with E-state index in [1.807, 2.05) is 6.07 Å². The van der Waals surface area contributed by atoms with Crippen LogP contribution in [0, 0.1) is 0 Å². The predicted octanol–water partition coefficient (Wildman–Crippen LogP) is 0.805. The van der Waals surface area contributed by atoms with Crippen molar-refractivity contribution in [1.82, 2.24) is 4.98 Å². The number of aliphatic carboxylic acids is 1. The van der Waals surface area contributed by atoms with E-state index in [4.69, 9.17) is 5.11 Å². The topological polar surface area (TPSA) is 67.3 Å². The summed E-state index contributed by atoms with van der Waals surface area (Å²) in [5, 5.41) is 8.38. The molecule has 1 heterocycles. The molecule has 0 radical (unpaired) electrons. The molecular weight excluding hydrogens is 202 g/mol. The van der Waals surface area contributed by atoms with Crippen LogP contribution in [0.15, 0.2) is 24.4 Å². The van der Waals surface area contributed by atoms with Crippen molar-refractivity contribution in [2.24, 2.45) is 0 Å². The molecule has 5 heteroatoms. The van der Waals surface area contributed by atoms with Crippen LogP contribution in [0.4, 0.5) is 0 Å². The summed E-state index contributed by atoms with van der Waals surface area (Å²) in [6.45, 7) is 0. The van der Waals surface area contributed by atoms with Gasteiger partial charge in [0.05, 0.1) is 17.9 Å². The maximum atomic E-state index is 11.3. The Morgan fingerprint density at radius 2 is 2.29 bits per heavy atom. The van der Waals surface area contributed by atoms with Crippen LogP contribution in [0.1, 0.15) is 12.1 Å². The first-order valence-corrected chi connectivity index (χ1v) is 5.64. The van der Waals surface area contributed by atoms with Gasteiger partial charge in [-0.25, -0.2) is 0 Å². The molecular formula is C9H11NO3S. The number of pyridine rings is 1. The molecule has 1 unspecified atom stereocenters. The lowest BCUT2D eigenvalue weighted by atomic mass is 10.4. The van der Waals surface area contributed by atoms with E-state index in [2.05, 4.69) is 4.98 Å². The van der Waals surface area contributed by atoms with Crippen LogP contribution in [0.5, 0.6) is 0 Å². The third-order valence-corrected chi connectivity index (χ3v) is 2.86. The molecule has 0 aliphatic rings. The molecule has 0 aromatic carbocycles. The maximum absolute atomic E-state index is 11.3. The first-order valence-electron chi connectivity index (χ1n) is 4.15. The Bertz CT molecular complexity index is 326. The highest BCUT2D eigenvalue weighted by atomic mass is 32.2. The zero-order chi connectivity index (χ0) is 10.4.